The molecular formula is C16H20N2O2. The molecule has 0 aromatic heterocycles. The van der Waals surface area contributed by atoms with Crippen LogP contribution in [0.3, 0.4) is 0 Å². The molecule has 1 aromatic carbocycles. The summed E-state index contributed by atoms with van der Waals surface area (Å²) in [4.78, 5) is 14.0. The number of nitriles is 1. The second kappa shape index (κ2) is 6.95. The summed E-state index contributed by atoms with van der Waals surface area (Å²) >= 11 is 0. The number of nitrogens with zero attached hydrogens (tertiary/aromatic N) is 2. The Morgan fingerprint density at radius 2 is 2.20 bits per heavy atom. The van der Waals surface area contributed by atoms with Gasteiger partial charge in [0, 0.05) is 13.1 Å². The van der Waals surface area contributed by atoms with Gasteiger partial charge in [-0.25, -0.2) is 0 Å². The van der Waals surface area contributed by atoms with Crippen molar-refractivity contribution in [3.63, 3.8) is 0 Å². The van der Waals surface area contributed by atoms with Gasteiger partial charge in [-0.05, 0) is 37.5 Å². The minimum Gasteiger partial charge on any atom is -0.494 e. The molecule has 106 valence electrons. The number of ether oxygens (including phenoxy) is 1. The summed E-state index contributed by atoms with van der Waals surface area (Å²) in [5.41, 5.74) is 0.984. The largest absolute Gasteiger partial charge is 0.494 e. The lowest BCUT2D eigenvalue weighted by atomic mass is 9.99. The van der Waals surface area contributed by atoms with E-state index >= 15 is 0 Å². The highest BCUT2D eigenvalue weighted by Crippen LogP contribution is 2.18. The zero-order valence-electron chi connectivity index (χ0n) is 11.8. The first kappa shape index (κ1) is 14.4. The lowest BCUT2D eigenvalue weighted by molar-refractivity contribution is -0.131. The monoisotopic (exact) mass is 272 g/mol. The third-order valence-electron chi connectivity index (χ3n) is 3.55. The predicted molar refractivity (Wildman–Crippen MR) is 76.2 cm³/mol. The van der Waals surface area contributed by atoms with Crippen molar-refractivity contribution in [1.29, 1.82) is 5.26 Å². The van der Waals surface area contributed by atoms with Crippen LogP contribution in [0.2, 0.25) is 0 Å². The number of amides is 1. The van der Waals surface area contributed by atoms with E-state index in [9.17, 15) is 4.79 Å². The predicted octanol–water partition coefficient (Wildman–Crippen LogP) is 2.39. The van der Waals surface area contributed by atoms with Crippen molar-refractivity contribution < 1.29 is 9.53 Å². The van der Waals surface area contributed by atoms with Gasteiger partial charge in [0.1, 0.15) is 5.75 Å². The van der Waals surface area contributed by atoms with E-state index in [1.807, 2.05) is 36.1 Å². The van der Waals surface area contributed by atoms with Crippen molar-refractivity contribution in [2.24, 2.45) is 5.92 Å². The number of likely N-dealkylation sites (tertiary alicyclic amines) is 1. The number of carbonyl (C=O) groups is 1. The van der Waals surface area contributed by atoms with Gasteiger partial charge >= 0.3 is 0 Å². The number of hydrogen-bond acceptors (Lipinski definition) is 3. The van der Waals surface area contributed by atoms with E-state index in [0.29, 0.717) is 19.6 Å². The van der Waals surface area contributed by atoms with Crippen LogP contribution in [0.4, 0.5) is 0 Å². The zero-order valence-corrected chi connectivity index (χ0v) is 11.8. The Bertz CT molecular complexity index is 490. The number of piperidine rings is 1. The maximum absolute atomic E-state index is 12.2. The molecule has 0 bridgehead atoms. The van der Waals surface area contributed by atoms with Crippen LogP contribution in [0.1, 0.15) is 25.3 Å². The quantitative estimate of drug-likeness (QED) is 0.845. The minimum absolute atomic E-state index is 0.00645. The SMILES string of the molecule is CCOc1ccc(CC(=O)N2CCC[C@@H](C#N)C2)cc1. The first-order chi connectivity index (χ1) is 9.72. The van der Waals surface area contributed by atoms with Crippen LogP contribution in [0.25, 0.3) is 0 Å². The molecule has 0 radical (unpaired) electrons. The summed E-state index contributed by atoms with van der Waals surface area (Å²) in [6.45, 7) is 3.93. The number of carbonyl (C=O) groups excluding carboxylic acids is 1. The van der Waals surface area contributed by atoms with Crippen LogP contribution in [0.5, 0.6) is 5.75 Å². The maximum Gasteiger partial charge on any atom is 0.227 e. The van der Waals surface area contributed by atoms with E-state index in [-0.39, 0.29) is 11.8 Å². The molecule has 1 atom stereocenters. The second-order valence-corrected chi connectivity index (χ2v) is 5.06. The van der Waals surface area contributed by atoms with E-state index < -0.39 is 0 Å². The van der Waals surface area contributed by atoms with Gasteiger partial charge in [0.2, 0.25) is 5.91 Å². The highest BCUT2D eigenvalue weighted by atomic mass is 16.5. The van der Waals surface area contributed by atoms with Gasteiger partial charge in [-0.1, -0.05) is 12.1 Å². The fourth-order valence-electron chi connectivity index (χ4n) is 2.47. The number of hydrogen-bond donors (Lipinski definition) is 0. The van der Waals surface area contributed by atoms with Crippen LogP contribution in [0, 0.1) is 17.2 Å². The summed E-state index contributed by atoms with van der Waals surface area (Å²) in [7, 11) is 0. The highest BCUT2D eigenvalue weighted by Gasteiger charge is 2.23. The topological polar surface area (TPSA) is 53.3 Å². The van der Waals surface area contributed by atoms with Gasteiger partial charge in [-0.2, -0.15) is 5.26 Å². The van der Waals surface area contributed by atoms with E-state index in [4.69, 9.17) is 10.00 Å². The average molecular weight is 272 g/mol. The molecule has 1 aromatic rings. The van der Waals surface area contributed by atoms with E-state index in [0.717, 1.165) is 30.7 Å². The van der Waals surface area contributed by atoms with Crippen LogP contribution in [-0.2, 0) is 11.2 Å². The summed E-state index contributed by atoms with van der Waals surface area (Å²) in [6.07, 6.45) is 2.22. The van der Waals surface area contributed by atoms with Gasteiger partial charge < -0.3 is 9.64 Å². The zero-order chi connectivity index (χ0) is 14.4. The molecule has 0 saturated carbocycles. The van der Waals surface area contributed by atoms with E-state index in [1.54, 1.807) is 0 Å². The molecule has 0 N–H and O–H groups in total. The standard InChI is InChI=1S/C16H20N2O2/c1-2-20-15-7-5-13(6-8-15)10-16(19)18-9-3-4-14(11-17)12-18/h5-8,14H,2-4,9-10,12H2,1H3/t14-/m0/s1. The molecule has 1 heterocycles. The fraction of sp³-hybridized carbons (Fsp3) is 0.500. The van der Waals surface area contributed by atoms with Crippen LogP contribution in [-0.4, -0.2) is 30.5 Å². The lowest BCUT2D eigenvalue weighted by Gasteiger charge is -2.29. The van der Waals surface area contributed by atoms with E-state index in [2.05, 4.69) is 6.07 Å². The first-order valence-electron chi connectivity index (χ1n) is 7.12. The summed E-state index contributed by atoms with van der Waals surface area (Å²) in [5, 5.41) is 8.96. The molecule has 1 fully saturated rings. The first-order valence-corrected chi connectivity index (χ1v) is 7.12. The Hall–Kier alpha value is -2.02. The second-order valence-electron chi connectivity index (χ2n) is 5.06. The van der Waals surface area contributed by atoms with Crippen LogP contribution >= 0.6 is 0 Å². The van der Waals surface area contributed by atoms with Gasteiger partial charge in [0.05, 0.1) is 25.0 Å². The summed E-state index contributed by atoms with van der Waals surface area (Å²) in [5.74, 6) is 0.924. The highest BCUT2D eigenvalue weighted by molar-refractivity contribution is 5.79. The molecule has 4 heteroatoms. The van der Waals surface area contributed by atoms with E-state index in [1.165, 1.54) is 0 Å². The fourth-order valence-corrected chi connectivity index (χ4v) is 2.47. The van der Waals surface area contributed by atoms with Gasteiger partial charge in [-0.3, -0.25) is 4.79 Å². The molecule has 1 aliphatic heterocycles. The smallest absolute Gasteiger partial charge is 0.227 e. The van der Waals surface area contributed by atoms with Crippen molar-refractivity contribution in [2.45, 2.75) is 26.2 Å². The average Bonchev–Trinajstić information content (AvgIpc) is 2.49. The molecular weight excluding hydrogens is 252 g/mol. The molecule has 1 aliphatic rings. The normalized spacial score (nSPS) is 18.4. The Balaban J connectivity index is 1.92. The molecule has 20 heavy (non-hydrogen) atoms. The molecule has 1 amide bonds. The van der Waals surface area contributed by atoms with Gasteiger partial charge in [0.25, 0.3) is 0 Å². The van der Waals surface area contributed by atoms with Crippen molar-refractivity contribution in [3.05, 3.63) is 29.8 Å². The molecule has 2 rings (SSSR count). The number of rotatable bonds is 4. The maximum atomic E-state index is 12.2. The van der Waals surface area contributed by atoms with Crippen molar-refractivity contribution in [1.82, 2.24) is 4.90 Å². The third kappa shape index (κ3) is 3.74. The Kier molecular flexibility index (Phi) is 5.00. The number of benzene rings is 1. The molecule has 4 nitrogen and oxygen atoms in total. The van der Waals surface area contributed by atoms with Crippen LogP contribution < -0.4 is 4.74 Å². The van der Waals surface area contributed by atoms with Crippen LogP contribution in [0.15, 0.2) is 24.3 Å². The Morgan fingerprint density at radius 3 is 2.85 bits per heavy atom. The van der Waals surface area contributed by atoms with Crippen molar-refractivity contribution in [2.75, 3.05) is 19.7 Å². The Morgan fingerprint density at radius 1 is 1.45 bits per heavy atom. The molecule has 0 aliphatic carbocycles. The molecule has 0 unspecified atom stereocenters. The minimum atomic E-state index is -0.00645. The summed E-state index contributed by atoms with van der Waals surface area (Å²) in [6, 6.07) is 9.89. The summed E-state index contributed by atoms with van der Waals surface area (Å²) < 4.78 is 5.38. The third-order valence-corrected chi connectivity index (χ3v) is 3.55. The lowest BCUT2D eigenvalue weighted by Crippen LogP contribution is -2.40. The Labute approximate surface area is 120 Å². The van der Waals surface area contributed by atoms with Gasteiger partial charge in [-0.15, -0.1) is 0 Å². The molecule has 1 saturated heterocycles. The van der Waals surface area contributed by atoms with Crippen molar-refractivity contribution in [3.8, 4) is 11.8 Å². The van der Waals surface area contributed by atoms with Gasteiger partial charge in [0.15, 0.2) is 0 Å². The van der Waals surface area contributed by atoms with Crippen molar-refractivity contribution >= 4 is 5.91 Å². The molecule has 0 spiro atoms.